The van der Waals surface area contributed by atoms with E-state index in [0.717, 1.165) is 33.6 Å². The number of carbonyl (C=O) groups is 2. The molecule has 0 radical (unpaired) electrons. The fourth-order valence-electron chi connectivity index (χ4n) is 4.04. The lowest BCUT2D eigenvalue weighted by Gasteiger charge is -2.07. The zero-order valence-electron chi connectivity index (χ0n) is 19.9. The largest absolute Gasteiger partial charge is 0.362 e. The van der Waals surface area contributed by atoms with E-state index < -0.39 is 23.1 Å². The predicted octanol–water partition coefficient (Wildman–Crippen LogP) is 3.83. The molecule has 0 atom stereocenters. The molecule has 0 fully saturated rings. The van der Waals surface area contributed by atoms with Crippen LogP contribution in [0.2, 0.25) is 0 Å². The Morgan fingerprint density at radius 2 is 1.92 bits per heavy atom. The summed E-state index contributed by atoms with van der Waals surface area (Å²) in [5.41, 5.74) is 3.25. The molecule has 2 amide bonds. The first kappa shape index (κ1) is 24.6. The molecule has 8 nitrogen and oxygen atoms in total. The molecule has 4 aromatic rings. The second-order valence-corrected chi connectivity index (χ2v) is 8.51. The molecule has 10 heteroatoms. The molecule has 3 heterocycles. The molecule has 190 valence electrons. The van der Waals surface area contributed by atoms with E-state index in [1.807, 2.05) is 30.3 Å². The number of benzene rings is 2. The number of H-pyrrole nitrogens is 1. The highest BCUT2D eigenvalue weighted by Crippen LogP contribution is 2.33. The van der Waals surface area contributed by atoms with Crippen molar-refractivity contribution in [1.29, 1.82) is 0 Å². The van der Waals surface area contributed by atoms with Crippen LogP contribution in [0.15, 0.2) is 77.9 Å². The molecule has 2 aromatic heterocycles. The third kappa shape index (κ3) is 5.19. The summed E-state index contributed by atoms with van der Waals surface area (Å²) < 4.78 is 27.6. The molecule has 5 rings (SSSR count). The van der Waals surface area contributed by atoms with Crippen LogP contribution in [0.1, 0.15) is 32.7 Å². The monoisotopic (exact) mass is 513 g/mol. The summed E-state index contributed by atoms with van der Waals surface area (Å²) in [5.74, 6) is -2.80. The summed E-state index contributed by atoms with van der Waals surface area (Å²) in [4.78, 5) is 40.7. The van der Waals surface area contributed by atoms with Gasteiger partial charge in [0.25, 0.3) is 17.4 Å². The quantitative estimate of drug-likeness (QED) is 0.326. The fourth-order valence-corrected chi connectivity index (χ4v) is 4.04. The van der Waals surface area contributed by atoms with Crippen molar-refractivity contribution in [2.75, 3.05) is 11.9 Å². The molecule has 38 heavy (non-hydrogen) atoms. The molecule has 3 N–H and O–H groups in total. The number of anilines is 1. The second-order valence-electron chi connectivity index (χ2n) is 8.51. The van der Waals surface area contributed by atoms with Crippen molar-refractivity contribution in [2.24, 2.45) is 0 Å². The summed E-state index contributed by atoms with van der Waals surface area (Å²) in [5, 5.41) is 9.43. The van der Waals surface area contributed by atoms with Crippen LogP contribution in [0.5, 0.6) is 0 Å². The van der Waals surface area contributed by atoms with Crippen LogP contribution in [0.3, 0.4) is 0 Å². The number of halogens is 2. The summed E-state index contributed by atoms with van der Waals surface area (Å²) in [6.45, 7) is 0.0268. The lowest BCUT2D eigenvalue weighted by atomic mass is 10.0. The molecular formula is C28H21F2N5O3. The molecule has 1 aliphatic heterocycles. The van der Waals surface area contributed by atoms with Gasteiger partial charge in [-0.3, -0.25) is 14.4 Å². The highest BCUT2D eigenvalue weighted by atomic mass is 19.2. The van der Waals surface area contributed by atoms with Gasteiger partial charge < -0.3 is 15.6 Å². The summed E-state index contributed by atoms with van der Waals surface area (Å²) >= 11 is 0. The Labute approximate surface area is 215 Å². The van der Waals surface area contributed by atoms with Crippen LogP contribution in [0.25, 0.3) is 17.7 Å². The summed E-state index contributed by atoms with van der Waals surface area (Å²) in [6.07, 6.45) is 8.37. The average molecular weight is 514 g/mol. The maximum Gasteiger partial charge on any atom is 0.279 e. The predicted molar refractivity (Wildman–Crippen MR) is 139 cm³/mol. The summed E-state index contributed by atoms with van der Waals surface area (Å²) in [6, 6.07) is 13.9. The standard InChI is InChI=1S/C28H21F2N5O3/c29-23-8-6-18(13-24(23)30)16-35-28(38)21(9-12-33-35)26(36)32-11-1-3-17-5-7-20-22(15-19-4-2-10-31-19)27(37)34-25(20)14-17/h1-10,12-15,31H,11,16H2,(H,32,36)(H,34,37). The van der Waals surface area contributed by atoms with E-state index in [0.29, 0.717) is 16.8 Å². The van der Waals surface area contributed by atoms with Gasteiger partial charge >= 0.3 is 0 Å². The first-order chi connectivity index (χ1) is 18.4. The molecule has 0 saturated heterocycles. The lowest BCUT2D eigenvalue weighted by molar-refractivity contribution is -0.110. The maximum atomic E-state index is 13.5. The second kappa shape index (κ2) is 10.5. The number of hydrogen-bond donors (Lipinski definition) is 3. The van der Waals surface area contributed by atoms with E-state index in [1.54, 1.807) is 24.4 Å². The number of nitrogens with zero attached hydrogens (tertiary/aromatic N) is 2. The Hall–Kier alpha value is -5.12. The van der Waals surface area contributed by atoms with Crippen LogP contribution in [0.4, 0.5) is 14.5 Å². The van der Waals surface area contributed by atoms with Gasteiger partial charge in [0.05, 0.1) is 12.1 Å². The normalized spacial score (nSPS) is 13.6. The highest BCUT2D eigenvalue weighted by molar-refractivity contribution is 6.34. The first-order valence-corrected chi connectivity index (χ1v) is 11.6. The minimum atomic E-state index is -1.03. The molecule has 0 spiro atoms. The first-order valence-electron chi connectivity index (χ1n) is 11.6. The van der Waals surface area contributed by atoms with Gasteiger partial charge in [-0.15, -0.1) is 0 Å². The smallest absolute Gasteiger partial charge is 0.279 e. The van der Waals surface area contributed by atoms with Crippen LogP contribution >= 0.6 is 0 Å². The van der Waals surface area contributed by atoms with E-state index in [2.05, 4.69) is 20.7 Å². The van der Waals surface area contributed by atoms with Gasteiger partial charge in [0.1, 0.15) is 5.56 Å². The van der Waals surface area contributed by atoms with E-state index in [-0.39, 0.29) is 24.6 Å². The van der Waals surface area contributed by atoms with Crippen LogP contribution in [0, 0.1) is 11.6 Å². The van der Waals surface area contributed by atoms with Crippen molar-refractivity contribution in [3.05, 3.63) is 123 Å². The minimum absolute atomic E-state index is 0.117. The van der Waals surface area contributed by atoms with E-state index in [1.165, 1.54) is 18.3 Å². The fraction of sp³-hybridized carbons (Fsp3) is 0.0714. The van der Waals surface area contributed by atoms with Gasteiger partial charge in [0.2, 0.25) is 0 Å². The molecule has 0 saturated carbocycles. The van der Waals surface area contributed by atoms with Crippen molar-refractivity contribution in [1.82, 2.24) is 20.1 Å². The Bertz CT molecular complexity index is 1660. The molecule has 0 bridgehead atoms. The Morgan fingerprint density at radius 1 is 1.05 bits per heavy atom. The minimum Gasteiger partial charge on any atom is -0.362 e. The van der Waals surface area contributed by atoms with Gasteiger partial charge in [0.15, 0.2) is 11.6 Å². The Balaban J connectivity index is 1.22. The van der Waals surface area contributed by atoms with Crippen molar-refractivity contribution in [3.8, 4) is 0 Å². The SMILES string of the molecule is O=C1Nc2cc(C=CCNC(=O)c3ccnn(Cc4ccc(F)c(F)c4)c3=O)ccc2C1=Cc1ccc[nH]1. The summed E-state index contributed by atoms with van der Waals surface area (Å²) in [7, 11) is 0. The number of nitrogens with one attached hydrogen (secondary N) is 3. The van der Waals surface area contributed by atoms with Crippen molar-refractivity contribution in [3.63, 3.8) is 0 Å². The van der Waals surface area contributed by atoms with Gasteiger partial charge in [-0.1, -0.05) is 30.4 Å². The number of hydrogen-bond acceptors (Lipinski definition) is 4. The number of rotatable bonds is 7. The van der Waals surface area contributed by atoms with Crippen molar-refractivity contribution in [2.45, 2.75) is 6.54 Å². The molecular weight excluding hydrogens is 492 g/mol. The van der Waals surface area contributed by atoms with E-state index in [4.69, 9.17) is 0 Å². The topological polar surface area (TPSA) is 109 Å². The molecule has 2 aromatic carbocycles. The van der Waals surface area contributed by atoms with Crippen LogP contribution < -0.4 is 16.2 Å². The molecule has 1 aliphatic rings. The van der Waals surface area contributed by atoms with E-state index >= 15 is 0 Å². The lowest BCUT2D eigenvalue weighted by Crippen LogP contribution is -2.34. The maximum absolute atomic E-state index is 13.5. The van der Waals surface area contributed by atoms with Crippen molar-refractivity contribution < 1.29 is 18.4 Å². The van der Waals surface area contributed by atoms with Crippen LogP contribution in [-0.4, -0.2) is 33.1 Å². The third-order valence-electron chi connectivity index (χ3n) is 5.91. The zero-order chi connectivity index (χ0) is 26.6. The van der Waals surface area contributed by atoms with E-state index in [9.17, 15) is 23.2 Å². The molecule has 0 unspecified atom stereocenters. The van der Waals surface area contributed by atoms with Crippen molar-refractivity contribution >= 4 is 35.2 Å². The Kier molecular flexibility index (Phi) is 6.77. The van der Waals surface area contributed by atoms with Gasteiger partial charge in [-0.25, -0.2) is 13.5 Å². The molecule has 0 aliphatic carbocycles. The highest BCUT2D eigenvalue weighted by Gasteiger charge is 2.24. The number of carbonyl (C=O) groups excluding carboxylic acids is 2. The third-order valence-corrected chi connectivity index (χ3v) is 5.91. The number of aromatic nitrogens is 3. The Morgan fingerprint density at radius 3 is 2.71 bits per heavy atom. The number of aromatic amines is 1. The number of amides is 2. The number of fused-ring (bicyclic) bond motifs is 1. The van der Waals surface area contributed by atoms with Gasteiger partial charge in [0, 0.05) is 35.9 Å². The van der Waals surface area contributed by atoms with Gasteiger partial charge in [-0.05, 0) is 53.6 Å². The van der Waals surface area contributed by atoms with Crippen LogP contribution in [-0.2, 0) is 11.3 Å². The van der Waals surface area contributed by atoms with Gasteiger partial charge in [-0.2, -0.15) is 5.10 Å². The average Bonchev–Trinajstić information content (AvgIpc) is 3.53. The zero-order valence-corrected chi connectivity index (χ0v) is 19.9.